The molecular formula is C20H28F3N3O2. The van der Waals surface area contributed by atoms with E-state index in [1.165, 1.54) is 31.4 Å². The predicted octanol–water partition coefficient (Wildman–Crippen LogP) is 3.95. The second kappa shape index (κ2) is 10.5. The molecule has 0 saturated carbocycles. The monoisotopic (exact) mass is 399 g/mol. The highest BCUT2D eigenvalue weighted by Crippen LogP contribution is 2.29. The lowest BCUT2D eigenvalue weighted by Gasteiger charge is -2.25. The van der Waals surface area contributed by atoms with Gasteiger partial charge in [-0.05, 0) is 50.0 Å². The number of ether oxygens (including phenoxy) is 1. The van der Waals surface area contributed by atoms with Crippen molar-refractivity contribution in [2.24, 2.45) is 10.9 Å². The molecule has 1 amide bonds. The number of halogens is 3. The summed E-state index contributed by atoms with van der Waals surface area (Å²) in [6, 6.07) is 4.34. The minimum atomic E-state index is -4.50. The maximum absolute atomic E-state index is 12.9. The van der Waals surface area contributed by atoms with Crippen LogP contribution in [0.3, 0.4) is 0 Å². The van der Waals surface area contributed by atoms with E-state index >= 15 is 0 Å². The molecule has 0 unspecified atom stereocenters. The number of nitrogens with one attached hydrogen (secondary N) is 1. The minimum absolute atomic E-state index is 0.0492. The molecule has 0 spiro atoms. The van der Waals surface area contributed by atoms with Crippen LogP contribution in [0.15, 0.2) is 29.3 Å². The van der Waals surface area contributed by atoms with Crippen molar-refractivity contribution in [3.8, 4) is 0 Å². The summed E-state index contributed by atoms with van der Waals surface area (Å²) in [6.45, 7) is 7.55. The van der Waals surface area contributed by atoms with Gasteiger partial charge in [0.05, 0.1) is 18.7 Å². The number of hydrogen-bond acceptors (Lipinski definition) is 4. The quantitative estimate of drug-likeness (QED) is 0.582. The highest BCUT2D eigenvalue weighted by molar-refractivity contribution is 6.04. The Kier molecular flexibility index (Phi) is 8.29. The maximum Gasteiger partial charge on any atom is 0.416 e. The summed E-state index contributed by atoms with van der Waals surface area (Å²) in [6.07, 6.45) is -0.912. The smallest absolute Gasteiger partial charge is 0.416 e. The lowest BCUT2D eigenvalue weighted by Crippen LogP contribution is -2.35. The Bertz CT molecular complexity index is 669. The highest BCUT2D eigenvalue weighted by Gasteiger charge is 2.31. The summed E-state index contributed by atoms with van der Waals surface area (Å²) in [4.78, 5) is 19.0. The van der Waals surface area contributed by atoms with Gasteiger partial charge < -0.3 is 9.64 Å². The van der Waals surface area contributed by atoms with Crippen molar-refractivity contribution in [3.63, 3.8) is 0 Å². The predicted molar refractivity (Wildman–Crippen MR) is 102 cm³/mol. The van der Waals surface area contributed by atoms with Gasteiger partial charge in [-0.2, -0.15) is 13.2 Å². The fourth-order valence-electron chi connectivity index (χ4n) is 2.85. The average Bonchev–Trinajstić information content (AvgIpc) is 2.66. The Hall–Kier alpha value is -2.09. The standard InChI is InChI=1S/C20H28F3N3O2/c1-15(2)14-28-19(24-9-12-26-10-4-3-5-11-26)25-18(27)16-7-6-8-17(13-16)20(21,22)23/h6-8,13,15H,3-5,9-12,14H2,1-2H3,(H,24,25,27). The van der Waals surface area contributed by atoms with E-state index in [0.29, 0.717) is 13.2 Å². The maximum atomic E-state index is 12.9. The second-order valence-corrected chi connectivity index (χ2v) is 7.33. The largest absolute Gasteiger partial charge is 0.465 e. The third kappa shape index (κ3) is 7.50. The molecule has 0 aromatic heterocycles. The molecule has 0 bridgehead atoms. The third-order valence-electron chi connectivity index (χ3n) is 4.35. The van der Waals surface area contributed by atoms with Gasteiger partial charge in [0.1, 0.15) is 0 Å². The fraction of sp³-hybridized carbons (Fsp3) is 0.600. The number of benzene rings is 1. The molecule has 1 aliphatic rings. The first-order chi connectivity index (χ1) is 13.3. The lowest BCUT2D eigenvalue weighted by atomic mass is 10.1. The number of carbonyl (C=O) groups is 1. The van der Waals surface area contributed by atoms with E-state index in [-0.39, 0.29) is 17.5 Å². The molecule has 1 saturated heterocycles. The van der Waals surface area contributed by atoms with Gasteiger partial charge in [0.25, 0.3) is 11.9 Å². The number of amides is 1. The van der Waals surface area contributed by atoms with Crippen LogP contribution < -0.4 is 5.32 Å². The van der Waals surface area contributed by atoms with Gasteiger partial charge in [0, 0.05) is 12.1 Å². The van der Waals surface area contributed by atoms with E-state index < -0.39 is 17.6 Å². The zero-order valence-electron chi connectivity index (χ0n) is 16.4. The molecule has 0 aliphatic carbocycles. The van der Waals surface area contributed by atoms with Crippen molar-refractivity contribution in [1.29, 1.82) is 0 Å². The molecule has 1 heterocycles. The molecule has 5 nitrogen and oxygen atoms in total. The first-order valence-electron chi connectivity index (χ1n) is 9.64. The van der Waals surface area contributed by atoms with Crippen LogP contribution in [0.2, 0.25) is 0 Å². The molecular weight excluding hydrogens is 371 g/mol. The molecule has 0 radical (unpaired) electrons. The number of amidine groups is 1. The van der Waals surface area contributed by atoms with Gasteiger partial charge in [-0.25, -0.2) is 4.99 Å². The van der Waals surface area contributed by atoms with Crippen LogP contribution in [-0.2, 0) is 10.9 Å². The summed E-state index contributed by atoms with van der Waals surface area (Å²) in [5.41, 5.74) is -0.960. The third-order valence-corrected chi connectivity index (χ3v) is 4.35. The first-order valence-corrected chi connectivity index (χ1v) is 9.64. The molecule has 1 fully saturated rings. The van der Waals surface area contributed by atoms with E-state index in [1.807, 2.05) is 13.8 Å². The molecule has 1 N–H and O–H groups in total. The van der Waals surface area contributed by atoms with Crippen LogP contribution in [0.5, 0.6) is 0 Å². The second-order valence-electron chi connectivity index (χ2n) is 7.33. The first kappa shape index (κ1) is 22.2. The van der Waals surface area contributed by atoms with Crippen LogP contribution in [0.25, 0.3) is 0 Å². The molecule has 8 heteroatoms. The van der Waals surface area contributed by atoms with Crippen LogP contribution in [0, 0.1) is 5.92 Å². The minimum Gasteiger partial charge on any atom is -0.465 e. The molecule has 1 aliphatic heterocycles. The Morgan fingerprint density at radius 3 is 2.61 bits per heavy atom. The number of carbonyl (C=O) groups excluding carboxylic acids is 1. The Balaban J connectivity index is 2.01. The molecule has 1 aromatic carbocycles. The van der Waals surface area contributed by atoms with Gasteiger partial charge in [-0.3, -0.25) is 10.1 Å². The van der Waals surface area contributed by atoms with E-state index in [2.05, 4.69) is 15.2 Å². The Labute approximate surface area is 164 Å². The van der Waals surface area contributed by atoms with Crippen molar-refractivity contribution in [3.05, 3.63) is 35.4 Å². The topological polar surface area (TPSA) is 53.9 Å². The molecule has 156 valence electrons. The van der Waals surface area contributed by atoms with E-state index in [1.54, 1.807) is 0 Å². The number of rotatable bonds is 6. The average molecular weight is 399 g/mol. The number of piperidine rings is 1. The SMILES string of the molecule is CC(C)COC(=NCCN1CCCCC1)NC(=O)c1cccc(C(F)(F)F)c1. The summed E-state index contributed by atoms with van der Waals surface area (Å²) in [5.74, 6) is -0.454. The van der Waals surface area contributed by atoms with Crippen LogP contribution >= 0.6 is 0 Å². The number of likely N-dealkylation sites (tertiary alicyclic amines) is 1. The highest BCUT2D eigenvalue weighted by atomic mass is 19.4. The molecule has 2 rings (SSSR count). The normalized spacial score (nSPS) is 16.3. The fourth-order valence-corrected chi connectivity index (χ4v) is 2.85. The summed E-state index contributed by atoms with van der Waals surface area (Å²) < 4.78 is 44.1. The molecule has 28 heavy (non-hydrogen) atoms. The van der Waals surface area contributed by atoms with E-state index in [0.717, 1.165) is 31.8 Å². The number of alkyl halides is 3. The zero-order chi connectivity index (χ0) is 20.6. The van der Waals surface area contributed by atoms with Crippen molar-refractivity contribution in [2.75, 3.05) is 32.8 Å². The summed E-state index contributed by atoms with van der Waals surface area (Å²) in [5, 5.41) is 2.51. The van der Waals surface area contributed by atoms with Gasteiger partial charge >= 0.3 is 6.18 Å². The van der Waals surface area contributed by atoms with Crippen LogP contribution in [-0.4, -0.2) is 49.6 Å². The van der Waals surface area contributed by atoms with Gasteiger partial charge in [-0.1, -0.05) is 26.3 Å². The van der Waals surface area contributed by atoms with E-state index in [4.69, 9.17) is 4.74 Å². The van der Waals surface area contributed by atoms with Crippen molar-refractivity contribution in [2.45, 2.75) is 39.3 Å². The van der Waals surface area contributed by atoms with Gasteiger partial charge in [-0.15, -0.1) is 0 Å². The number of aliphatic imine (C=N–C) groups is 1. The summed E-state index contributed by atoms with van der Waals surface area (Å²) >= 11 is 0. The van der Waals surface area contributed by atoms with Crippen molar-refractivity contribution in [1.82, 2.24) is 10.2 Å². The van der Waals surface area contributed by atoms with Gasteiger partial charge in [0.15, 0.2) is 0 Å². The zero-order valence-corrected chi connectivity index (χ0v) is 16.4. The van der Waals surface area contributed by atoms with Gasteiger partial charge in [0.2, 0.25) is 0 Å². The van der Waals surface area contributed by atoms with Crippen LogP contribution in [0.1, 0.15) is 49.0 Å². The van der Waals surface area contributed by atoms with Crippen molar-refractivity contribution < 1.29 is 22.7 Å². The molecule has 0 atom stereocenters. The summed E-state index contributed by atoms with van der Waals surface area (Å²) in [7, 11) is 0. The molecule has 1 aromatic rings. The van der Waals surface area contributed by atoms with E-state index in [9.17, 15) is 18.0 Å². The Morgan fingerprint density at radius 2 is 1.96 bits per heavy atom. The number of nitrogens with zero attached hydrogens (tertiary/aromatic N) is 2. The number of hydrogen-bond donors (Lipinski definition) is 1. The van der Waals surface area contributed by atoms with Crippen molar-refractivity contribution >= 4 is 11.9 Å². The Morgan fingerprint density at radius 1 is 1.25 bits per heavy atom. The van der Waals surface area contributed by atoms with Crippen LogP contribution in [0.4, 0.5) is 13.2 Å². The lowest BCUT2D eigenvalue weighted by molar-refractivity contribution is -0.137.